The minimum absolute atomic E-state index is 0.104. The van der Waals surface area contributed by atoms with Gasteiger partial charge in [0.25, 0.3) is 5.56 Å². The van der Waals surface area contributed by atoms with E-state index in [0.29, 0.717) is 17.0 Å². The SMILES string of the molecule is CC(C)c1cc(=O)[nH]c(SCC(=O)Nc2c(C(C)C)cccc2C(C)C)n1. The number of carbonyl (C=O) groups is 1. The molecule has 1 aromatic heterocycles. The van der Waals surface area contributed by atoms with E-state index in [0.717, 1.165) is 22.5 Å². The molecule has 0 aliphatic heterocycles. The van der Waals surface area contributed by atoms with Crippen LogP contribution in [0.5, 0.6) is 0 Å². The Morgan fingerprint density at radius 1 is 1.07 bits per heavy atom. The Kier molecular flexibility index (Phi) is 7.25. The van der Waals surface area contributed by atoms with Crippen LogP contribution < -0.4 is 10.9 Å². The molecular formula is C21H29N3O2S. The first-order valence-corrected chi connectivity index (χ1v) is 10.3. The van der Waals surface area contributed by atoms with E-state index in [1.807, 2.05) is 19.9 Å². The molecule has 0 aliphatic rings. The van der Waals surface area contributed by atoms with Crippen molar-refractivity contribution in [3.8, 4) is 0 Å². The van der Waals surface area contributed by atoms with Gasteiger partial charge in [-0.05, 0) is 28.9 Å². The van der Waals surface area contributed by atoms with Crippen LogP contribution in [-0.4, -0.2) is 21.6 Å². The predicted octanol–water partition coefficient (Wildman–Crippen LogP) is 4.87. The van der Waals surface area contributed by atoms with Crippen molar-refractivity contribution in [2.75, 3.05) is 11.1 Å². The van der Waals surface area contributed by atoms with Gasteiger partial charge in [-0.3, -0.25) is 9.59 Å². The lowest BCUT2D eigenvalue weighted by Crippen LogP contribution is -2.18. The number of amides is 1. The standard InChI is InChI=1S/C21H29N3O2S/c1-12(2)15-8-7-9-16(13(3)4)20(15)23-19(26)11-27-21-22-17(14(5)6)10-18(25)24-21/h7-10,12-14H,11H2,1-6H3,(H,23,26)(H,22,24,25). The quantitative estimate of drug-likeness (QED) is 0.525. The van der Waals surface area contributed by atoms with Crippen LogP contribution in [-0.2, 0) is 4.79 Å². The number of hydrogen-bond donors (Lipinski definition) is 2. The molecule has 0 unspecified atom stereocenters. The van der Waals surface area contributed by atoms with Gasteiger partial charge in [-0.1, -0.05) is 71.5 Å². The second-order valence-corrected chi connectivity index (χ2v) is 8.55. The highest BCUT2D eigenvalue weighted by Gasteiger charge is 2.16. The normalized spacial score (nSPS) is 11.4. The second kappa shape index (κ2) is 9.22. The van der Waals surface area contributed by atoms with E-state index < -0.39 is 0 Å². The van der Waals surface area contributed by atoms with Gasteiger partial charge in [0, 0.05) is 11.8 Å². The van der Waals surface area contributed by atoms with Crippen molar-refractivity contribution in [2.24, 2.45) is 0 Å². The number of para-hydroxylation sites is 1. The van der Waals surface area contributed by atoms with Gasteiger partial charge in [-0.15, -0.1) is 0 Å². The van der Waals surface area contributed by atoms with Gasteiger partial charge in [0.05, 0.1) is 11.4 Å². The minimum Gasteiger partial charge on any atom is -0.325 e. The molecule has 0 saturated heterocycles. The summed E-state index contributed by atoms with van der Waals surface area (Å²) in [5.74, 6) is 0.869. The summed E-state index contributed by atoms with van der Waals surface area (Å²) in [6.07, 6.45) is 0. The van der Waals surface area contributed by atoms with E-state index in [1.165, 1.54) is 17.8 Å². The molecule has 0 fully saturated rings. The van der Waals surface area contributed by atoms with Gasteiger partial charge >= 0.3 is 0 Å². The van der Waals surface area contributed by atoms with Gasteiger partial charge in [0.1, 0.15) is 0 Å². The zero-order chi connectivity index (χ0) is 20.1. The summed E-state index contributed by atoms with van der Waals surface area (Å²) >= 11 is 1.24. The van der Waals surface area contributed by atoms with Crippen LogP contribution in [0.3, 0.4) is 0 Å². The summed E-state index contributed by atoms with van der Waals surface area (Å²) in [6, 6.07) is 7.67. The number of nitrogens with one attached hydrogen (secondary N) is 2. The number of benzene rings is 1. The third kappa shape index (κ3) is 5.70. The molecule has 0 aliphatic carbocycles. The average Bonchev–Trinajstić information content (AvgIpc) is 2.59. The Labute approximate surface area is 165 Å². The fourth-order valence-electron chi connectivity index (χ4n) is 2.82. The third-order valence-corrected chi connectivity index (χ3v) is 5.18. The first-order chi connectivity index (χ1) is 12.7. The summed E-state index contributed by atoms with van der Waals surface area (Å²) in [5, 5.41) is 3.56. The molecule has 5 nitrogen and oxygen atoms in total. The number of aromatic nitrogens is 2. The molecule has 146 valence electrons. The summed E-state index contributed by atoms with van der Waals surface area (Å²) in [5.41, 5.74) is 3.71. The number of nitrogens with zero attached hydrogens (tertiary/aromatic N) is 1. The number of rotatable bonds is 7. The Bertz CT molecular complexity index is 830. The summed E-state index contributed by atoms with van der Waals surface area (Å²) < 4.78 is 0. The highest BCUT2D eigenvalue weighted by atomic mass is 32.2. The molecule has 0 radical (unpaired) electrons. The van der Waals surface area contributed by atoms with Crippen LogP contribution in [0.25, 0.3) is 0 Å². The molecule has 2 rings (SSSR count). The van der Waals surface area contributed by atoms with Crippen LogP contribution in [0.1, 0.15) is 76.1 Å². The van der Waals surface area contributed by atoms with Crippen LogP contribution in [0, 0.1) is 0 Å². The van der Waals surface area contributed by atoms with E-state index in [4.69, 9.17) is 0 Å². The molecule has 1 heterocycles. The fourth-order valence-corrected chi connectivity index (χ4v) is 3.50. The van der Waals surface area contributed by atoms with Crippen molar-refractivity contribution in [3.05, 3.63) is 51.4 Å². The first kappa shape index (κ1) is 21.2. The maximum absolute atomic E-state index is 12.6. The monoisotopic (exact) mass is 387 g/mol. The molecule has 0 atom stereocenters. The lowest BCUT2D eigenvalue weighted by Gasteiger charge is -2.20. The maximum atomic E-state index is 12.6. The van der Waals surface area contributed by atoms with Crippen LogP contribution >= 0.6 is 11.8 Å². The number of thioether (sulfide) groups is 1. The van der Waals surface area contributed by atoms with Crippen molar-refractivity contribution in [1.29, 1.82) is 0 Å². The molecule has 6 heteroatoms. The van der Waals surface area contributed by atoms with E-state index in [2.05, 4.69) is 55.1 Å². The number of H-pyrrole nitrogens is 1. The smallest absolute Gasteiger partial charge is 0.251 e. The number of aromatic amines is 1. The highest BCUT2D eigenvalue weighted by molar-refractivity contribution is 7.99. The Morgan fingerprint density at radius 2 is 1.67 bits per heavy atom. The molecule has 1 aromatic carbocycles. The zero-order valence-corrected chi connectivity index (χ0v) is 17.7. The second-order valence-electron chi connectivity index (χ2n) is 7.59. The molecule has 27 heavy (non-hydrogen) atoms. The molecule has 0 bridgehead atoms. The van der Waals surface area contributed by atoms with Gasteiger partial charge < -0.3 is 10.3 Å². The largest absolute Gasteiger partial charge is 0.325 e. The lowest BCUT2D eigenvalue weighted by atomic mass is 9.92. The first-order valence-electron chi connectivity index (χ1n) is 9.35. The number of anilines is 1. The van der Waals surface area contributed by atoms with Gasteiger partial charge in [0.15, 0.2) is 5.16 Å². The fraction of sp³-hybridized carbons (Fsp3) is 0.476. The summed E-state index contributed by atoms with van der Waals surface area (Å²) in [4.78, 5) is 31.5. The van der Waals surface area contributed by atoms with Crippen LogP contribution in [0.2, 0.25) is 0 Å². The van der Waals surface area contributed by atoms with Crippen molar-refractivity contribution < 1.29 is 4.79 Å². The van der Waals surface area contributed by atoms with E-state index in [-0.39, 0.29) is 23.1 Å². The summed E-state index contributed by atoms with van der Waals surface area (Å²) in [7, 11) is 0. The van der Waals surface area contributed by atoms with Crippen LogP contribution in [0.15, 0.2) is 34.2 Å². The molecule has 0 saturated carbocycles. The maximum Gasteiger partial charge on any atom is 0.251 e. The van der Waals surface area contributed by atoms with E-state index in [9.17, 15) is 9.59 Å². The Morgan fingerprint density at radius 3 is 2.19 bits per heavy atom. The Hall–Kier alpha value is -2.08. The number of carbonyl (C=O) groups excluding carboxylic acids is 1. The molecule has 1 amide bonds. The molecule has 2 N–H and O–H groups in total. The number of hydrogen-bond acceptors (Lipinski definition) is 4. The third-order valence-electron chi connectivity index (χ3n) is 4.31. The molecular weight excluding hydrogens is 358 g/mol. The van der Waals surface area contributed by atoms with Gasteiger partial charge in [-0.25, -0.2) is 4.98 Å². The predicted molar refractivity (Wildman–Crippen MR) is 113 cm³/mol. The van der Waals surface area contributed by atoms with Crippen molar-refractivity contribution >= 4 is 23.4 Å². The van der Waals surface area contributed by atoms with Crippen molar-refractivity contribution in [2.45, 2.75) is 64.5 Å². The van der Waals surface area contributed by atoms with Crippen molar-refractivity contribution in [1.82, 2.24) is 9.97 Å². The molecule has 0 spiro atoms. The van der Waals surface area contributed by atoms with Gasteiger partial charge in [-0.2, -0.15) is 0 Å². The van der Waals surface area contributed by atoms with E-state index in [1.54, 1.807) is 0 Å². The average molecular weight is 388 g/mol. The van der Waals surface area contributed by atoms with Crippen molar-refractivity contribution in [3.63, 3.8) is 0 Å². The molecule has 2 aromatic rings. The zero-order valence-electron chi connectivity index (χ0n) is 16.9. The highest BCUT2D eigenvalue weighted by Crippen LogP contribution is 2.32. The van der Waals surface area contributed by atoms with Crippen LogP contribution in [0.4, 0.5) is 5.69 Å². The lowest BCUT2D eigenvalue weighted by molar-refractivity contribution is -0.113. The summed E-state index contributed by atoms with van der Waals surface area (Å²) in [6.45, 7) is 12.5. The minimum atomic E-state index is -0.191. The van der Waals surface area contributed by atoms with Gasteiger partial charge in [0.2, 0.25) is 5.91 Å². The topological polar surface area (TPSA) is 74.8 Å². The van der Waals surface area contributed by atoms with E-state index >= 15 is 0 Å². The Balaban J connectivity index is 2.16.